The number of methoxy groups -OCH3 is 1. The summed E-state index contributed by atoms with van der Waals surface area (Å²) in [7, 11) is 1.73. The van der Waals surface area contributed by atoms with Crippen molar-refractivity contribution in [2.24, 2.45) is 5.73 Å². The molecule has 0 radical (unpaired) electrons. The molecule has 1 aliphatic rings. The van der Waals surface area contributed by atoms with Crippen molar-refractivity contribution in [3.8, 4) is 0 Å². The Hall–Kier alpha value is -0.520. The Bertz CT molecular complexity index is 328. The van der Waals surface area contributed by atoms with Gasteiger partial charge in [-0.05, 0) is 18.6 Å². The summed E-state index contributed by atoms with van der Waals surface area (Å²) in [5.74, 6) is 1.15. The van der Waals surface area contributed by atoms with E-state index in [0.717, 1.165) is 25.3 Å². The zero-order valence-electron chi connectivity index (χ0n) is 8.77. The number of piperidine rings is 1. The minimum atomic E-state index is 0.0890. The molecule has 15 heavy (non-hydrogen) atoms. The van der Waals surface area contributed by atoms with Gasteiger partial charge in [0, 0.05) is 32.4 Å². The lowest BCUT2D eigenvalue weighted by molar-refractivity contribution is 0.0663. The van der Waals surface area contributed by atoms with Gasteiger partial charge in [-0.15, -0.1) is 0 Å². The van der Waals surface area contributed by atoms with Crippen LogP contribution in [0.3, 0.4) is 0 Å². The SMILES string of the molecule is CO[C@@H]1CCN(c2cccn2Br)C[C@H]1N. The van der Waals surface area contributed by atoms with E-state index in [1.165, 1.54) is 0 Å². The molecule has 2 atom stereocenters. The van der Waals surface area contributed by atoms with Gasteiger partial charge in [0.1, 0.15) is 5.82 Å². The summed E-state index contributed by atoms with van der Waals surface area (Å²) in [6.45, 7) is 1.83. The average Bonchev–Trinajstić information content (AvgIpc) is 2.64. The Labute approximate surface area is 98.3 Å². The number of nitrogens with zero attached hydrogens (tertiary/aromatic N) is 2. The molecular formula is C10H16BrN3O. The van der Waals surface area contributed by atoms with E-state index >= 15 is 0 Å². The van der Waals surface area contributed by atoms with Crippen LogP contribution in [0.5, 0.6) is 0 Å². The highest BCUT2D eigenvalue weighted by molar-refractivity contribution is 9.08. The minimum Gasteiger partial charge on any atom is -0.380 e. The molecule has 1 aromatic rings. The summed E-state index contributed by atoms with van der Waals surface area (Å²) >= 11 is 3.46. The fraction of sp³-hybridized carbons (Fsp3) is 0.600. The van der Waals surface area contributed by atoms with Crippen LogP contribution in [0.25, 0.3) is 0 Å². The number of hydrogen-bond donors (Lipinski definition) is 1. The highest BCUT2D eigenvalue weighted by Crippen LogP contribution is 2.22. The summed E-state index contributed by atoms with van der Waals surface area (Å²) in [6.07, 6.45) is 3.15. The molecule has 1 saturated heterocycles. The van der Waals surface area contributed by atoms with Gasteiger partial charge in [-0.3, -0.25) is 3.59 Å². The van der Waals surface area contributed by atoms with Gasteiger partial charge in [0.05, 0.1) is 22.3 Å². The van der Waals surface area contributed by atoms with Gasteiger partial charge in [-0.2, -0.15) is 0 Å². The fourth-order valence-electron chi connectivity index (χ4n) is 2.05. The van der Waals surface area contributed by atoms with Crippen LogP contribution in [0.15, 0.2) is 18.3 Å². The van der Waals surface area contributed by atoms with Crippen molar-refractivity contribution in [3.05, 3.63) is 18.3 Å². The fourth-order valence-corrected chi connectivity index (χ4v) is 2.53. The quantitative estimate of drug-likeness (QED) is 0.881. The molecule has 5 heteroatoms. The number of halogens is 1. The van der Waals surface area contributed by atoms with Crippen LogP contribution < -0.4 is 10.6 Å². The van der Waals surface area contributed by atoms with Gasteiger partial charge in [-0.25, -0.2) is 0 Å². The lowest BCUT2D eigenvalue weighted by atomic mass is 10.0. The van der Waals surface area contributed by atoms with E-state index in [-0.39, 0.29) is 12.1 Å². The molecule has 4 nitrogen and oxygen atoms in total. The lowest BCUT2D eigenvalue weighted by Crippen LogP contribution is -2.52. The third-order valence-corrected chi connectivity index (χ3v) is 3.50. The van der Waals surface area contributed by atoms with Gasteiger partial charge in [-0.1, -0.05) is 0 Å². The van der Waals surface area contributed by atoms with Crippen molar-refractivity contribution < 1.29 is 4.74 Å². The maximum atomic E-state index is 6.04. The van der Waals surface area contributed by atoms with Crippen LogP contribution in [0.4, 0.5) is 5.82 Å². The molecule has 0 aliphatic carbocycles. The largest absolute Gasteiger partial charge is 0.380 e. The molecule has 0 spiro atoms. The van der Waals surface area contributed by atoms with Crippen molar-refractivity contribution in [3.63, 3.8) is 0 Å². The average molecular weight is 274 g/mol. The smallest absolute Gasteiger partial charge is 0.118 e. The van der Waals surface area contributed by atoms with Crippen molar-refractivity contribution >= 4 is 22.0 Å². The lowest BCUT2D eigenvalue weighted by Gasteiger charge is -2.36. The van der Waals surface area contributed by atoms with Crippen LogP contribution in [-0.4, -0.2) is 35.9 Å². The standard InChI is InChI=1S/C10H16BrN3O/c1-15-9-4-6-13(7-8(9)12)10-3-2-5-14(10)11/h2-3,5,8-9H,4,6-7,12H2,1H3/t8-,9-/m1/s1. The van der Waals surface area contributed by atoms with Crippen molar-refractivity contribution in [1.29, 1.82) is 0 Å². The second kappa shape index (κ2) is 4.55. The Morgan fingerprint density at radius 2 is 2.40 bits per heavy atom. The summed E-state index contributed by atoms with van der Waals surface area (Å²) in [5.41, 5.74) is 6.04. The molecule has 2 N–H and O–H groups in total. The molecule has 2 heterocycles. The third kappa shape index (κ3) is 2.19. The Kier molecular flexibility index (Phi) is 3.33. The number of nitrogens with two attached hydrogens (primary N) is 1. The molecule has 1 fully saturated rings. The number of anilines is 1. The summed E-state index contributed by atoms with van der Waals surface area (Å²) < 4.78 is 7.27. The van der Waals surface area contributed by atoms with E-state index in [4.69, 9.17) is 10.5 Å². The first-order valence-corrected chi connectivity index (χ1v) is 5.80. The van der Waals surface area contributed by atoms with E-state index < -0.39 is 0 Å². The van der Waals surface area contributed by atoms with Gasteiger partial charge in [0.25, 0.3) is 0 Å². The highest BCUT2D eigenvalue weighted by atomic mass is 79.9. The number of aromatic nitrogens is 1. The van der Waals surface area contributed by atoms with Gasteiger partial charge >= 0.3 is 0 Å². The summed E-state index contributed by atoms with van der Waals surface area (Å²) in [5, 5.41) is 0. The van der Waals surface area contributed by atoms with Crippen molar-refractivity contribution in [1.82, 2.24) is 3.59 Å². The molecule has 1 aliphatic heterocycles. The van der Waals surface area contributed by atoms with Crippen LogP contribution in [-0.2, 0) is 4.74 Å². The Balaban J connectivity index is 2.06. The van der Waals surface area contributed by atoms with Crippen LogP contribution in [0.2, 0.25) is 0 Å². The maximum absolute atomic E-state index is 6.04. The predicted octanol–water partition coefficient (Wildman–Crippen LogP) is 1.20. The second-order valence-corrected chi connectivity index (χ2v) is 4.61. The first-order valence-electron chi connectivity index (χ1n) is 5.09. The third-order valence-electron chi connectivity index (χ3n) is 2.90. The van der Waals surface area contributed by atoms with Crippen molar-refractivity contribution in [2.45, 2.75) is 18.6 Å². The maximum Gasteiger partial charge on any atom is 0.118 e. The van der Waals surface area contributed by atoms with E-state index in [1.807, 2.05) is 15.9 Å². The van der Waals surface area contributed by atoms with Crippen LogP contribution in [0.1, 0.15) is 6.42 Å². The molecule has 0 amide bonds. The van der Waals surface area contributed by atoms with Gasteiger partial charge < -0.3 is 15.4 Å². The molecule has 1 aromatic heterocycles. The first kappa shape index (κ1) is 11.0. The van der Waals surface area contributed by atoms with Crippen molar-refractivity contribution in [2.75, 3.05) is 25.1 Å². The van der Waals surface area contributed by atoms with Crippen LogP contribution >= 0.6 is 16.1 Å². The normalized spacial score (nSPS) is 27.0. The predicted molar refractivity (Wildman–Crippen MR) is 64.4 cm³/mol. The van der Waals surface area contributed by atoms with E-state index in [1.54, 1.807) is 7.11 Å². The first-order chi connectivity index (χ1) is 7.22. The van der Waals surface area contributed by atoms with Crippen LogP contribution in [0, 0.1) is 0 Å². The molecule has 0 aromatic carbocycles. The van der Waals surface area contributed by atoms with E-state index in [0.29, 0.717) is 0 Å². The minimum absolute atomic E-state index is 0.0890. The second-order valence-electron chi connectivity index (χ2n) is 3.85. The molecule has 2 rings (SSSR count). The Morgan fingerprint density at radius 3 is 2.93 bits per heavy atom. The Morgan fingerprint density at radius 1 is 1.60 bits per heavy atom. The van der Waals surface area contributed by atoms with Gasteiger partial charge in [0.2, 0.25) is 0 Å². The monoisotopic (exact) mass is 273 g/mol. The zero-order chi connectivity index (χ0) is 10.8. The summed E-state index contributed by atoms with van der Waals surface area (Å²) in [4.78, 5) is 2.27. The topological polar surface area (TPSA) is 43.4 Å². The van der Waals surface area contributed by atoms with E-state index in [9.17, 15) is 0 Å². The highest BCUT2D eigenvalue weighted by Gasteiger charge is 2.27. The number of rotatable bonds is 2. The molecule has 0 saturated carbocycles. The zero-order valence-corrected chi connectivity index (χ0v) is 10.4. The molecule has 84 valence electrons. The van der Waals surface area contributed by atoms with Gasteiger partial charge in [0.15, 0.2) is 0 Å². The number of hydrogen-bond acceptors (Lipinski definition) is 3. The van der Waals surface area contributed by atoms with E-state index in [2.05, 4.69) is 27.1 Å². The molecule has 0 unspecified atom stereocenters. The molecule has 0 bridgehead atoms. The molecular weight excluding hydrogens is 258 g/mol. The summed E-state index contributed by atoms with van der Waals surface area (Å²) in [6, 6.07) is 4.18. The number of ether oxygens (including phenoxy) is 1.